The predicted octanol–water partition coefficient (Wildman–Crippen LogP) is 1.04. The fourth-order valence-corrected chi connectivity index (χ4v) is 1.56. The van der Waals surface area contributed by atoms with Crippen LogP contribution in [0.4, 0.5) is 0 Å². The number of carbonyl (C=O) groups excluding carboxylic acids is 1. The third kappa shape index (κ3) is 1.73. The van der Waals surface area contributed by atoms with Gasteiger partial charge in [0.1, 0.15) is 0 Å². The van der Waals surface area contributed by atoms with Crippen LogP contribution in [0.5, 0.6) is 0 Å². The van der Waals surface area contributed by atoms with Crippen LogP contribution in [0, 0.1) is 0 Å². The molecule has 0 aromatic rings. The van der Waals surface area contributed by atoms with Gasteiger partial charge in [0.2, 0.25) is 5.72 Å². The van der Waals surface area contributed by atoms with Crippen molar-refractivity contribution in [2.45, 2.75) is 19.6 Å². The maximum Gasteiger partial charge on any atom is 0.304 e. The summed E-state index contributed by atoms with van der Waals surface area (Å²) in [7, 11) is 0. The minimum Gasteiger partial charge on any atom is -0.437 e. The first-order chi connectivity index (χ1) is 4.62. The Morgan fingerprint density at radius 1 is 1.90 bits per heavy atom. The molecule has 1 atom stereocenters. The van der Waals surface area contributed by atoms with Gasteiger partial charge in [-0.1, -0.05) is 0 Å². The number of hydrogen-bond acceptors (Lipinski definition) is 4. The second-order valence-corrected chi connectivity index (χ2v) is 3.15. The van der Waals surface area contributed by atoms with E-state index in [9.17, 15) is 4.79 Å². The van der Waals surface area contributed by atoms with Gasteiger partial charge in [-0.25, -0.2) is 4.99 Å². The number of rotatable bonds is 1. The molecule has 0 aromatic carbocycles. The third-order valence-electron chi connectivity index (χ3n) is 1.12. The van der Waals surface area contributed by atoms with Crippen LogP contribution >= 0.6 is 11.8 Å². The van der Waals surface area contributed by atoms with Crippen LogP contribution in [0.3, 0.4) is 0 Å². The second kappa shape index (κ2) is 2.62. The Balaban J connectivity index is 2.52. The molecule has 56 valence electrons. The fraction of sp³-hybridized carbons (Fsp3) is 0.667. The van der Waals surface area contributed by atoms with E-state index in [1.165, 1.54) is 6.92 Å². The SMILES string of the molecule is CC(=O)OC1(C)CSC=N1. The molecule has 1 aliphatic rings. The molecule has 0 saturated carbocycles. The van der Waals surface area contributed by atoms with Gasteiger partial charge >= 0.3 is 5.97 Å². The zero-order valence-corrected chi connectivity index (χ0v) is 6.77. The van der Waals surface area contributed by atoms with Crippen molar-refractivity contribution < 1.29 is 9.53 Å². The van der Waals surface area contributed by atoms with Gasteiger partial charge in [0, 0.05) is 6.92 Å². The Bertz CT molecular complexity index is 181. The molecule has 1 unspecified atom stereocenters. The second-order valence-electron chi connectivity index (χ2n) is 2.31. The molecular formula is C6H9NO2S. The normalized spacial score (nSPS) is 30.6. The van der Waals surface area contributed by atoms with Gasteiger partial charge in [-0.05, 0) is 6.92 Å². The first-order valence-electron chi connectivity index (χ1n) is 2.97. The first-order valence-corrected chi connectivity index (χ1v) is 4.02. The lowest BCUT2D eigenvalue weighted by Gasteiger charge is -2.18. The highest BCUT2D eigenvalue weighted by molar-refractivity contribution is 8.12. The van der Waals surface area contributed by atoms with Crippen LogP contribution in [0.1, 0.15) is 13.8 Å². The Morgan fingerprint density at radius 2 is 2.60 bits per heavy atom. The molecule has 0 aromatic heterocycles. The lowest BCUT2D eigenvalue weighted by molar-refractivity contribution is -0.152. The first kappa shape index (κ1) is 7.60. The molecule has 0 amide bonds. The molecule has 1 rings (SSSR count). The molecule has 0 spiro atoms. The van der Waals surface area contributed by atoms with E-state index in [4.69, 9.17) is 4.74 Å². The molecule has 0 bridgehead atoms. The van der Waals surface area contributed by atoms with E-state index in [-0.39, 0.29) is 5.97 Å². The Hall–Kier alpha value is -0.510. The third-order valence-corrected chi connectivity index (χ3v) is 2.07. The summed E-state index contributed by atoms with van der Waals surface area (Å²) in [6.45, 7) is 3.19. The van der Waals surface area contributed by atoms with E-state index < -0.39 is 5.72 Å². The van der Waals surface area contributed by atoms with Gasteiger partial charge in [-0.3, -0.25) is 4.79 Å². The molecule has 4 heteroatoms. The average molecular weight is 159 g/mol. The highest BCUT2D eigenvalue weighted by atomic mass is 32.2. The number of esters is 1. The molecule has 0 N–H and O–H groups in total. The number of nitrogens with zero attached hydrogens (tertiary/aromatic N) is 1. The van der Waals surface area contributed by atoms with Crippen LogP contribution in [0.15, 0.2) is 4.99 Å². The van der Waals surface area contributed by atoms with E-state index in [0.717, 1.165) is 5.75 Å². The van der Waals surface area contributed by atoms with Gasteiger partial charge in [-0.15, -0.1) is 11.8 Å². The molecule has 3 nitrogen and oxygen atoms in total. The van der Waals surface area contributed by atoms with Crippen LogP contribution in [-0.2, 0) is 9.53 Å². The van der Waals surface area contributed by atoms with E-state index in [0.29, 0.717) is 0 Å². The van der Waals surface area contributed by atoms with E-state index in [1.807, 2.05) is 0 Å². The largest absolute Gasteiger partial charge is 0.437 e. The summed E-state index contributed by atoms with van der Waals surface area (Å²) in [6, 6.07) is 0. The number of hydrogen-bond donors (Lipinski definition) is 0. The van der Waals surface area contributed by atoms with Gasteiger partial charge in [0.15, 0.2) is 0 Å². The Morgan fingerprint density at radius 3 is 3.00 bits per heavy atom. The van der Waals surface area contributed by atoms with Gasteiger partial charge in [0.25, 0.3) is 0 Å². The van der Waals surface area contributed by atoms with Crippen molar-refractivity contribution in [2.24, 2.45) is 4.99 Å². The van der Waals surface area contributed by atoms with Crippen LogP contribution in [0.25, 0.3) is 0 Å². The number of carbonyl (C=O) groups is 1. The quantitative estimate of drug-likeness (QED) is 0.536. The van der Waals surface area contributed by atoms with Crippen LogP contribution in [0.2, 0.25) is 0 Å². The number of ether oxygens (including phenoxy) is 1. The topological polar surface area (TPSA) is 38.7 Å². The molecule has 0 saturated heterocycles. The molecule has 1 heterocycles. The van der Waals surface area contributed by atoms with Crippen molar-refractivity contribution in [2.75, 3.05) is 5.75 Å². The highest BCUT2D eigenvalue weighted by Crippen LogP contribution is 2.24. The zero-order valence-electron chi connectivity index (χ0n) is 5.96. The van der Waals surface area contributed by atoms with Crippen molar-refractivity contribution in [1.29, 1.82) is 0 Å². The van der Waals surface area contributed by atoms with Crippen molar-refractivity contribution in [1.82, 2.24) is 0 Å². The van der Waals surface area contributed by atoms with Crippen LogP contribution < -0.4 is 0 Å². The summed E-state index contributed by atoms with van der Waals surface area (Å²) in [5.74, 6) is 0.453. The van der Waals surface area contributed by atoms with Gasteiger partial charge in [0.05, 0.1) is 11.3 Å². The highest BCUT2D eigenvalue weighted by Gasteiger charge is 2.29. The Kier molecular flexibility index (Phi) is 1.99. The minimum atomic E-state index is -0.601. The van der Waals surface area contributed by atoms with Crippen molar-refractivity contribution in [3.63, 3.8) is 0 Å². The lowest BCUT2D eigenvalue weighted by atomic mass is 10.3. The molecular weight excluding hydrogens is 150 g/mol. The summed E-state index contributed by atoms with van der Waals surface area (Å²) in [4.78, 5) is 14.5. The molecule has 10 heavy (non-hydrogen) atoms. The molecule has 0 radical (unpaired) electrons. The maximum atomic E-state index is 10.5. The minimum absolute atomic E-state index is 0.276. The summed E-state index contributed by atoms with van der Waals surface area (Å²) >= 11 is 1.55. The molecule has 0 fully saturated rings. The molecule has 0 aliphatic carbocycles. The van der Waals surface area contributed by atoms with E-state index in [2.05, 4.69) is 4.99 Å². The van der Waals surface area contributed by atoms with Crippen molar-refractivity contribution in [3.05, 3.63) is 0 Å². The summed E-state index contributed by atoms with van der Waals surface area (Å²) in [5.41, 5.74) is 1.11. The summed E-state index contributed by atoms with van der Waals surface area (Å²) < 4.78 is 4.94. The number of aliphatic imine (C=N–C) groups is 1. The van der Waals surface area contributed by atoms with Crippen molar-refractivity contribution >= 4 is 23.3 Å². The predicted molar refractivity (Wildman–Crippen MR) is 41.1 cm³/mol. The molecule has 1 aliphatic heterocycles. The van der Waals surface area contributed by atoms with E-state index >= 15 is 0 Å². The standard InChI is InChI=1S/C6H9NO2S/c1-5(8)9-6(2)3-10-4-7-6/h4H,3H2,1-2H3. The maximum absolute atomic E-state index is 10.5. The van der Waals surface area contributed by atoms with Gasteiger partial charge < -0.3 is 4.74 Å². The number of thioether (sulfide) groups is 1. The summed E-state index contributed by atoms with van der Waals surface area (Å²) in [5, 5.41) is 0. The fourth-order valence-electron chi connectivity index (χ4n) is 0.743. The zero-order chi connectivity index (χ0) is 7.61. The van der Waals surface area contributed by atoms with Gasteiger partial charge in [-0.2, -0.15) is 0 Å². The summed E-state index contributed by atoms with van der Waals surface area (Å²) in [6.07, 6.45) is 0. The van der Waals surface area contributed by atoms with E-state index in [1.54, 1.807) is 24.2 Å². The van der Waals surface area contributed by atoms with Crippen molar-refractivity contribution in [3.8, 4) is 0 Å². The average Bonchev–Trinajstić information content (AvgIpc) is 2.12. The Labute approximate surface area is 63.9 Å². The monoisotopic (exact) mass is 159 g/mol. The van der Waals surface area contributed by atoms with Crippen LogP contribution in [-0.4, -0.2) is 23.0 Å². The smallest absolute Gasteiger partial charge is 0.304 e. The lowest BCUT2D eigenvalue weighted by Crippen LogP contribution is -2.28.